The smallest absolute Gasteiger partial charge is 0.267 e. The average Bonchev–Trinajstić information content (AvgIpc) is 2.92. The molecule has 116 valence electrons. The van der Waals surface area contributed by atoms with Crippen molar-refractivity contribution in [1.29, 1.82) is 0 Å². The second-order valence-electron chi connectivity index (χ2n) is 4.87. The fourth-order valence-electron chi connectivity index (χ4n) is 2.23. The Bertz CT molecular complexity index is 905. The fraction of sp³-hybridized carbons (Fsp3) is 0. The number of amides is 1. The minimum atomic E-state index is -0.744. The third kappa shape index (κ3) is 2.71. The van der Waals surface area contributed by atoms with E-state index in [9.17, 15) is 19.4 Å². The number of nitrogens with zero attached hydrogens (tertiary/aromatic N) is 2. The molecule has 1 heterocycles. The summed E-state index contributed by atoms with van der Waals surface area (Å²) >= 11 is 0. The fourth-order valence-corrected chi connectivity index (χ4v) is 2.23. The number of phenols is 2. The van der Waals surface area contributed by atoms with Gasteiger partial charge in [0, 0.05) is 11.6 Å². The molecule has 0 saturated heterocycles. The summed E-state index contributed by atoms with van der Waals surface area (Å²) in [6, 6.07) is 10.9. The van der Waals surface area contributed by atoms with E-state index in [4.69, 9.17) is 5.73 Å². The van der Waals surface area contributed by atoms with Crippen molar-refractivity contribution in [3.63, 3.8) is 0 Å². The maximum absolute atomic E-state index is 13.4. The summed E-state index contributed by atoms with van der Waals surface area (Å²) < 4.78 is 14.6. The Morgan fingerprint density at radius 3 is 2.57 bits per heavy atom. The molecule has 3 aromatic rings. The van der Waals surface area contributed by atoms with E-state index < -0.39 is 11.7 Å². The molecule has 0 spiro atoms. The van der Waals surface area contributed by atoms with Crippen LogP contribution in [0, 0.1) is 5.82 Å². The SMILES string of the molecule is NC(=O)c1cc(-c2ccc(O)cc2O)nn1-c1cccc(F)c1. The van der Waals surface area contributed by atoms with Crippen LogP contribution in [0.2, 0.25) is 0 Å². The zero-order chi connectivity index (χ0) is 16.6. The molecule has 7 heteroatoms. The number of phenolic OH excluding ortho intramolecular Hbond substituents is 2. The molecule has 0 atom stereocenters. The number of benzene rings is 2. The van der Waals surface area contributed by atoms with E-state index in [1.807, 2.05) is 0 Å². The highest BCUT2D eigenvalue weighted by molar-refractivity contribution is 5.93. The van der Waals surface area contributed by atoms with Crippen LogP contribution in [0.1, 0.15) is 10.5 Å². The van der Waals surface area contributed by atoms with Crippen LogP contribution in [-0.2, 0) is 0 Å². The van der Waals surface area contributed by atoms with Crippen LogP contribution in [0.25, 0.3) is 16.9 Å². The maximum atomic E-state index is 13.4. The molecule has 0 unspecified atom stereocenters. The van der Waals surface area contributed by atoms with Crippen LogP contribution in [0.4, 0.5) is 4.39 Å². The molecular weight excluding hydrogens is 301 g/mol. The summed E-state index contributed by atoms with van der Waals surface area (Å²) in [4.78, 5) is 11.6. The average molecular weight is 313 g/mol. The number of hydrogen-bond donors (Lipinski definition) is 3. The number of halogens is 1. The van der Waals surface area contributed by atoms with Gasteiger partial charge in [0.25, 0.3) is 5.91 Å². The number of aromatic nitrogens is 2. The minimum Gasteiger partial charge on any atom is -0.508 e. The van der Waals surface area contributed by atoms with Crippen molar-refractivity contribution in [2.24, 2.45) is 5.73 Å². The molecule has 0 bridgehead atoms. The van der Waals surface area contributed by atoms with E-state index in [1.165, 1.54) is 41.1 Å². The topological polar surface area (TPSA) is 101 Å². The number of carbonyl (C=O) groups excluding carboxylic acids is 1. The summed E-state index contributed by atoms with van der Waals surface area (Å²) in [5.74, 6) is -1.54. The molecule has 0 saturated carbocycles. The highest BCUT2D eigenvalue weighted by Gasteiger charge is 2.17. The normalized spacial score (nSPS) is 10.7. The second-order valence-corrected chi connectivity index (χ2v) is 4.87. The Balaban J connectivity index is 2.18. The van der Waals surface area contributed by atoms with Crippen molar-refractivity contribution in [2.75, 3.05) is 0 Å². The van der Waals surface area contributed by atoms with Crippen LogP contribution in [-0.4, -0.2) is 25.9 Å². The lowest BCUT2D eigenvalue weighted by molar-refractivity contribution is 0.0993. The van der Waals surface area contributed by atoms with Crippen LogP contribution >= 0.6 is 0 Å². The van der Waals surface area contributed by atoms with Gasteiger partial charge in [0.2, 0.25) is 0 Å². The van der Waals surface area contributed by atoms with Gasteiger partial charge >= 0.3 is 0 Å². The van der Waals surface area contributed by atoms with Gasteiger partial charge in [-0.15, -0.1) is 0 Å². The molecule has 4 N–H and O–H groups in total. The quantitative estimate of drug-likeness (QED) is 0.690. The molecule has 0 aliphatic heterocycles. The Labute approximate surface area is 130 Å². The first-order valence-corrected chi connectivity index (χ1v) is 6.64. The third-order valence-electron chi connectivity index (χ3n) is 3.27. The summed E-state index contributed by atoms with van der Waals surface area (Å²) in [6.07, 6.45) is 0. The number of rotatable bonds is 3. The first-order chi connectivity index (χ1) is 11.0. The van der Waals surface area contributed by atoms with Crippen LogP contribution in [0.5, 0.6) is 11.5 Å². The van der Waals surface area contributed by atoms with Gasteiger partial charge in [-0.2, -0.15) is 5.10 Å². The summed E-state index contributed by atoms with van der Waals surface area (Å²) in [5, 5.41) is 23.5. The largest absolute Gasteiger partial charge is 0.508 e. The Morgan fingerprint density at radius 1 is 1.13 bits per heavy atom. The van der Waals surface area contributed by atoms with Gasteiger partial charge in [0.05, 0.1) is 11.4 Å². The van der Waals surface area contributed by atoms with E-state index >= 15 is 0 Å². The van der Waals surface area contributed by atoms with Crippen LogP contribution in [0.3, 0.4) is 0 Å². The van der Waals surface area contributed by atoms with Crippen molar-refractivity contribution < 1.29 is 19.4 Å². The molecule has 0 aliphatic rings. The lowest BCUT2D eigenvalue weighted by Crippen LogP contribution is -2.16. The second kappa shape index (κ2) is 5.45. The molecule has 1 aromatic heterocycles. The molecule has 6 nitrogen and oxygen atoms in total. The standard InChI is InChI=1S/C16H12FN3O3/c17-9-2-1-3-10(6-9)20-14(16(18)23)8-13(19-20)12-5-4-11(21)7-15(12)22/h1-8,21-22H,(H2,18,23). The molecule has 3 rings (SSSR count). The van der Waals surface area contributed by atoms with Crippen LogP contribution in [0.15, 0.2) is 48.5 Å². The summed E-state index contributed by atoms with van der Waals surface area (Å²) in [6.45, 7) is 0. The minimum absolute atomic E-state index is 0.0399. The predicted molar refractivity (Wildman–Crippen MR) is 80.8 cm³/mol. The Kier molecular flexibility index (Phi) is 3.46. The van der Waals surface area contributed by atoms with Crippen molar-refractivity contribution >= 4 is 5.91 Å². The first-order valence-electron chi connectivity index (χ1n) is 6.64. The zero-order valence-corrected chi connectivity index (χ0v) is 11.8. The van der Waals surface area contributed by atoms with Gasteiger partial charge in [-0.05, 0) is 36.4 Å². The van der Waals surface area contributed by atoms with Crippen molar-refractivity contribution in [3.05, 3.63) is 60.0 Å². The summed E-state index contributed by atoms with van der Waals surface area (Å²) in [7, 11) is 0. The number of primary amides is 1. The van der Waals surface area contributed by atoms with Gasteiger partial charge in [-0.1, -0.05) is 6.07 Å². The number of hydrogen-bond acceptors (Lipinski definition) is 4. The number of nitrogens with two attached hydrogens (primary N) is 1. The number of carbonyl (C=O) groups is 1. The van der Waals surface area contributed by atoms with Gasteiger partial charge < -0.3 is 15.9 Å². The zero-order valence-electron chi connectivity index (χ0n) is 11.8. The molecule has 0 radical (unpaired) electrons. The molecule has 0 aliphatic carbocycles. The van der Waals surface area contributed by atoms with Crippen molar-refractivity contribution in [1.82, 2.24) is 9.78 Å². The van der Waals surface area contributed by atoms with Gasteiger partial charge in [0.15, 0.2) is 0 Å². The molecule has 23 heavy (non-hydrogen) atoms. The van der Waals surface area contributed by atoms with E-state index in [1.54, 1.807) is 6.07 Å². The molecule has 2 aromatic carbocycles. The lowest BCUT2D eigenvalue weighted by Gasteiger charge is -2.05. The third-order valence-corrected chi connectivity index (χ3v) is 3.27. The molecular formula is C16H12FN3O3. The van der Waals surface area contributed by atoms with E-state index in [0.717, 1.165) is 6.07 Å². The van der Waals surface area contributed by atoms with Crippen molar-refractivity contribution in [2.45, 2.75) is 0 Å². The Hall–Kier alpha value is -3.35. The summed E-state index contributed by atoms with van der Waals surface area (Å²) in [5.41, 5.74) is 6.28. The Morgan fingerprint density at radius 2 is 1.91 bits per heavy atom. The van der Waals surface area contributed by atoms with Gasteiger partial charge in [0.1, 0.15) is 23.0 Å². The highest BCUT2D eigenvalue weighted by Crippen LogP contribution is 2.32. The molecule has 1 amide bonds. The predicted octanol–water partition coefficient (Wildman–Crippen LogP) is 2.19. The molecule has 0 fully saturated rings. The van der Waals surface area contributed by atoms with E-state index in [0.29, 0.717) is 11.3 Å². The van der Waals surface area contributed by atoms with Crippen molar-refractivity contribution in [3.8, 4) is 28.4 Å². The first kappa shape index (κ1) is 14.6. The van der Waals surface area contributed by atoms with E-state index in [2.05, 4.69) is 5.10 Å². The van der Waals surface area contributed by atoms with Gasteiger partial charge in [-0.3, -0.25) is 4.79 Å². The lowest BCUT2D eigenvalue weighted by atomic mass is 10.1. The van der Waals surface area contributed by atoms with E-state index in [-0.39, 0.29) is 22.9 Å². The highest BCUT2D eigenvalue weighted by atomic mass is 19.1. The monoisotopic (exact) mass is 313 g/mol. The van der Waals surface area contributed by atoms with Gasteiger partial charge in [-0.25, -0.2) is 9.07 Å². The van der Waals surface area contributed by atoms with Crippen LogP contribution < -0.4 is 5.73 Å². The number of aromatic hydroxyl groups is 2. The maximum Gasteiger partial charge on any atom is 0.267 e.